The Hall–Kier alpha value is -3.00. The highest BCUT2D eigenvalue weighted by molar-refractivity contribution is 6.03. The zero-order valence-corrected chi connectivity index (χ0v) is 12.5. The van der Waals surface area contributed by atoms with Crippen LogP contribution in [-0.4, -0.2) is 6.79 Å². The minimum atomic E-state index is 0.233. The van der Waals surface area contributed by atoms with Crippen LogP contribution in [0.4, 0.5) is 0 Å². The van der Waals surface area contributed by atoms with Gasteiger partial charge in [-0.05, 0) is 39.7 Å². The molecule has 0 amide bonds. The third-order valence-corrected chi connectivity index (χ3v) is 4.44. The maximum atomic E-state index is 5.87. The lowest BCUT2D eigenvalue weighted by molar-refractivity contribution is 0.125. The lowest BCUT2D eigenvalue weighted by Gasteiger charge is -2.12. The van der Waals surface area contributed by atoms with Gasteiger partial charge in [0.25, 0.3) is 0 Å². The number of fused-ring (bicyclic) bond motifs is 6. The van der Waals surface area contributed by atoms with Gasteiger partial charge in [-0.1, -0.05) is 54.6 Å². The predicted molar refractivity (Wildman–Crippen MR) is 93.0 cm³/mol. The van der Waals surface area contributed by atoms with E-state index in [2.05, 4.69) is 60.7 Å². The van der Waals surface area contributed by atoms with E-state index in [9.17, 15) is 0 Å². The molecule has 0 spiro atoms. The Balaban J connectivity index is 1.93. The van der Waals surface area contributed by atoms with Crippen LogP contribution in [0.2, 0.25) is 0 Å². The Labute approximate surface area is 133 Å². The SMILES string of the molecule is c1ccc2cc3c(cc2c1)OCOc1ccc2ccccc2c1-3. The summed E-state index contributed by atoms with van der Waals surface area (Å²) in [7, 11) is 0. The summed E-state index contributed by atoms with van der Waals surface area (Å²) in [5, 5.41) is 4.77. The number of rotatable bonds is 0. The van der Waals surface area contributed by atoms with Crippen LogP contribution in [0.25, 0.3) is 32.7 Å². The maximum Gasteiger partial charge on any atom is 0.230 e. The standard InChI is InChI=1S/C21H14O2/c1-2-7-16-12-20-18(11-15(16)6-1)21-17-8-4-3-5-14(17)9-10-19(21)22-13-23-20/h1-12H,13H2. The molecule has 2 nitrogen and oxygen atoms in total. The fraction of sp³-hybridized carbons (Fsp3) is 0.0476. The van der Waals surface area contributed by atoms with Crippen molar-refractivity contribution in [3.63, 3.8) is 0 Å². The zero-order chi connectivity index (χ0) is 15.2. The van der Waals surface area contributed by atoms with E-state index in [1.54, 1.807) is 0 Å². The summed E-state index contributed by atoms with van der Waals surface area (Å²) in [6.45, 7) is 0.233. The Morgan fingerprint density at radius 1 is 0.609 bits per heavy atom. The van der Waals surface area contributed by atoms with Crippen molar-refractivity contribution in [2.45, 2.75) is 0 Å². The van der Waals surface area contributed by atoms with Gasteiger partial charge in [-0.3, -0.25) is 0 Å². The number of hydrogen-bond donors (Lipinski definition) is 0. The van der Waals surface area contributed by atoms with Crippen LogP contribution in [0.5, 0.6) is 11.5 Å². The van der Waals surface area contributed by atoms with Gasteiger partial charge >= 0.3 is 0 Å². The molecule has 4 aromatic carbocycles. The van der Waals surface area contributed by atoms with Gasteiger partial charge in [0.15, 0.2) is 0 Å². The fourth-order valence-electron chi connectivity index (χ4n) is 3.34. The summed E-state index contributed by atoms with van der Waals surface area (Å²) >= 11 is 0. The highest BCUT2D eigenvalue weighted by atomic mass is 16.7. The van der Waals surface area contributed by atoms with Crippen LogP contribution >= 0.6 is 0 Å². The highest BCUT2D eigenvalue weighted by Crippen LogP contribution is 2.44. The van der Waals surface area contributed by atoms with Crippen molar-refractivity contribution < 1.29 is 9.47 Å². The molecule has 0 aromatic heterocycles. The van der Waals surface area contributed by atoms with Gasteiger partial charge in [0.05, 0.1) is 0 Å². The summed E-state index contributed by atoms with van der Waals surface area (Å²) in [6, 6.07) is 25.2. The monoisotopic (exact) mass is 298 g/mol. The first-order chi connectivity index (χ1) is 11.4. The quantitative estimate of drug-likeness (QED) is 0.433. The smallest absolute Gasteiger partial charge is 0.230 e. The van der Waals surface area contributed by atoms with Crippen LogP contribution in [0.15, 0.2) is 72.8 Å². The Kier molecular flexibility index (Phi) is 2.59. The van der Waals surface area contributed by atoms with Crippen LogP contribution in [0, 0.1) is 0 Å². The van der Waals surface area contributed by atoms with Crippen LogP contribution in [0.1, 0.15) is 0 Å². The molecule has 0 unspecified atom stereocenters. The van der Waals surface area contributed by atoms with Crippen molar-refractivity contribution in [3.8, 4) is 22.6 Å². The van der Waals surface area contributed by atoms with Crippen LogP contribution < -0.4 is 9.47 Å². The van der Waals surface area contributed by atoms with Crippen LogP contribution in [-0.2, 0) is 0 Å². The van der Waals surface area contributed by atoms with E-state index >= 15 is 0 Å². The Morgan fingerprint density at radius 3 is 2.17 bits per heavy atom. The van der Waals surface area contributed by atoms with Gasteiger partial charge in [-0.15, -0.1) is 0 Å². The topological polar surface area (TPSA) is 18.5 Å². The van der Waals surface area contributed by atoms with Gasteiger partial charge in [-0.2, -0.15) is 0 Å². The predicted octanol–water partition coefficient (Wildman–Crippen LogP) is 5.39. The summed E-state index contributed by atoms with van der Waals surface area (Å²) in [4.78, 5) is 0. The van der Waals surface area contributed by atoms with Crippen molar-refractivity contribution >= 4 is 21.5 Å². The van der Waals surface area contributed by atoms with E-state index in [0.29, 0.717) is 0 Å². The molecule has 0 saturated heterocycles. The van der Waals surface area contributed by atoms with Gasteiger partial charge < -0.3 is 9.47 Å². The van der Waals surface area contributed by atoms with E-state index in [-0.39, 0.29) is 6.79 Å². The number of hydrogen-bond acceptors (Lipinski definition) is 2. The van der Waals surface area contributed by atoms with Crippen molar-refractivity contribution in [1.82, 2.24) is 0 Å². The summed E-state index contributed by atoms with van der Waals surface area (Å²) in [5.74, 6) is 1.75. The van der Waals surface area contributed by atoms with Crippen molar-refractivity contribution in [1.29, 1.82) is 0 Å². The molecule has 2 heteroatoms. The Morgan fingerprint density at radius 2 is 1.30 bits per heavy atom. The van der Waals surface area contributed by atoms with Gasteiger partial charge in [0.1, 0.15) is 11.5 Å². The first kappa shape index (κ1) is 12.5. The molecule has 1 aliphatic rings. The summed E-state index contributed by atoms with van der Waals surface area (Å²) in [5.41, 5.74) is 2.20. The first-order valence-corrected chi connectivity index (χ1v) is 7.71. The lowest BCUT2D eigenvalue weighted by atomic mass is 9.94. The van der Waals surface area contributed by atoms with Crippen molar-refractivity contribution in [2.75, 3.05) is 6.79 Å². The lowest BCUT2D eigenvalue weighted by Crippen LogP contribution is -2.03. The normalized spacial score (nSPS) is 12.9. The third-order valence-electron chi connectivity index (χ3n) is 4.44. The molecular weight excluding hydrogens is 284 g/mol. The average Bonchev–Trinajstić information content (AvgIpc) is 2.78. The fourth-order valence-corrected chi connectivity index (χ4v) is 3.34. The van der Waals surface area contributed by atoms with Gasteiger partial charge in [0.2, 0.25) is 6.79 Å². The second-order valence-electron chi connectivity index (χ2n) is 5.76. The van der Waals surface area contributed by atoms with Crippen molar-refractivity contribution in [2.24, 2.45) is 0 Å². The minimum Gasteiger partial charge on any atom is -0.457 e. The highest BCUT2D eigenvalue weighted by Gasteiger charge is 2.19. The molecule has 4 aromatic rings. The molecular formula is C21H14O2. The van der Waals surface area contributed by atoms with E-state index in [1.165, 1.54) is 21.5 Å². The van der Waals surface area contributed by atoms with E-state index < -0.39 is 0 Å². The zero-order valence-electron chi connectivity index (χ0n) is 12.5. The molecule has 23 heavy (non-hydrogen) atoms. The largest absolute Gasteiger partial charge is 0.457 e. The molecule has 0 saturated carbocycles. The Bertz CT molecular complexity index is 1050. The first-order valence-electron chi connectivity index (χ1n) is 7.71. The second-order valence-corrected chi connectivity index (χ2v) is 5.76. The molecule has 0 bridgehead atoms. The number of ether oxygens (including phenoxy) is 2. The molecule has 110 valence electrons. The molecule has 0 radical (unpaired) electrons. The molecule has 0 aliphatic carbocycles. The summed E-state index contributed by atoms with van der Waals surface area (Å²) in [6.07, 6.45) is 0. The molecule has 1 heterocycles. The van der Waals surface area contributed by atoms with Crippen LogP contribution in [0.3, 0.4) is 0 Å². The van der Waals surface area contributed by atoms with Gasteiger partial charge in [-0.25, -0.2) is 0 Å². The molecule has 0 N–H and O–H groups in total. The maximum absolute atomic E-state index is 5.87. The summed E-state index contributed by atoms with van der Waals surface area (Å²) < 4.78 is 11.7. The molecule has 0 fully saturated rings. The molecule has 0 atom stereocenters. The molecule has 1 aliphatic heterocycles. The molecule has 5 rings (SSSR count). The van der Waals surface area contributed by atoms with E-state index in [4.69, 9.17) is 9.47 Å². The van der Waals surface area contributed by atoms with E-state index in [0.717, 1.165) is 22.6 Å². The second kappa shape index (κ2) is 4.75. The minimum absolute atomic E-state index is 0.233. The number of benzene rings is 4. The van der Waals surface area contributed by atoms with Crippen molar-refractivity contribution in [3.05, 3.63) is 72.8 Å². The average molecular weight is 298 g/mol. The van der Waals surface area contributed by atoms with E-state index in [1.807, 2.05) is 12.1 Å². The third kappa shape index (κ3) is 1.88. The van der Waals surface area contributed by atoms with Gasteiger partial charge in [0, 0.05) is 11.1 Å².